The van der Waals surface area contributed by atoms with E-state index >= 15 is 0 Å². The molecular weight excluding hydrogens is 502 g/mol. The van der Waals surface area contributed by atoms with Gasteiger partial charge in [0, 0.05) is 40.5 Å². The summed E-state index contributed by atoms with van der Waals surface area (Å²) in [6, 6.07) is 20.9. The maximum Gasteiger partial charge on any atom is 0.241 e. The standard InChI is InChI=1S/C28H35N5O4S/c1-5-21(30-23-10-8-9-20(17-23)27(29)32-35)18-26(34)31-22-15-13-19(14-16-22)24-11-6-7-12-25(24)38(36,37)33-28(2,3)4/h6-17,21,30,33,35H,5,18H2,1-4H3,(H2,29,32)(H,31,34)/t21-/m0/s1. The molecule has 38 heavy (non-hydrogen) atoms. The van der Waals surface area contributed by atoms with Crippen molar-refractivity contribution in [3.63, 3.8) is 0 Å². The number of nitrogens with one attached hydrogen (secondary N) is 3. The highest BCUT2D eigenvalue weighted by Gasteiger charge is 2.24. The smallest absolute Gasteiger partial charge is 0.241 e. The number of amidine groups is 1. The molecule has 0 bridgehead atoms. The molecule has 0 aliphatic carbocycles. The average Bonchev–Trinajstić information content (AvgIpc) is 2.87. The summed E-state index contributed by atoms with van der Waals surface area (Å²) in [6.07, 6.45) is 0.930. The molecule has 9 nitrogen and oxygen atoms in total. The van der Waals surface area contributed by atoms with Crippen molar-refractivity contribution in [3.8, 4) is 11.1 Å². The molecule has 1 atom stereocenters. The summed E-state index contributed by atoms with van der Waals surface area (Å²) in [5, 5.41) is 18.1. The van der Waals surface area contributed by atoms with Crippen molar-refractivity contribution in [2.45, 2.75) is 57.0 Å². The van der Waals surface area contributed by atoms with Crippen LogP contribution < -0.4 is 21.1 Å². The third kappa shape index (κ3) is 7.80. The highest BCUT2D eigenvalue weighted by Crippen LogP contribution is 2.29. The van der Waals surface area contributed by atoms with Gasteiger partial charge in [0.15, 0.2) is 5.84 Å². The summed E-state index contributed by atoms with van der Waals surface area (Å²) in [5.74, 6) is -0.157. The lowest BCUT2D eigenvalue weighted by atomic mass is 10.1. The number of anilines is 2. The van der Waals surface area contributed by atoms with E-state index in [9.17, 15) is 13.2 Å². The van der Waals surface area contributed by atoms with Crippen LogP contribution in [0.4, 0.5) is 11.4 Å². The van der Waals surface area contributed by atoms with Crippen molar-refractivity contribution in [2.75, 3.05) is 10.6 Å². The molecule has 0 heterocycles. The second-order valence-corrected chi connectivity index (χ2v) is 11.6. The number of amides is 1. The van der Waals surface area contributed by atoms with Gasteiger partial charge in [0.25, 0.3) is 0 Å². The van der Waals surface area contributed by atoms with E-state index in [1.165, 1.54) is 0 Å². The number of rotatable bonds is 10. The maximum absolute atomic E-state index is 13.0. The minimum absolute atomic E-state index is 0.00794. The van der Waals surface area contributed by atoms with Crippen LogP contribution in [0.3, 0.4) is 0 Å². The van der Waals surface area contributed by atoms with Crippen molar-refractivity contribution in [1.29, 1.82) is 0 Å². The Labute approximate surface area is 224 Å². The Morgan fingerprint density at radius 3 is 2.32 bits per heavy atom. The average molecular weight is 538 g/mol. The first kappa shape index (κ1) is 28.7. The van der Waals surface area contributed by atoms with E-state index in [0.717, 1.165) is 11.3 Å². The summed E-state index contributed by atoms with van der Waals surface area (Å²) in [6.45, 7) is 7.36. The van der Waals surface area contributed by atoms with Gasteiger partial charge < -0.3 is 21.6 Å². The molecule has 1 amide bonds. The highest BCUT2D eigenvalue weighted by atomic mass is 32.2. The van der Waals surface area contributed by atoms with E-state index in [-0.39, 0.29) is 29.1 Å². The van der Waals surface area contributed by atoms with Crippen LogP contribution in [0.5, 0.6) is 0 Å². The molecule has 3 aromatic rings. The number of nitrogens with two attached hydrogens (primary N) is 1. The van der Waals surface area contributed by atoms with Gasteiger partial charge in [-0.2, -0.15) is 0 Å². The topological polar surface area (TPSA) is 146 Å². The Hall–Kier alpha value is -3.89. The summed E-state index contributed by atoms with van der Waals surface area (Å²) in [5.41, 5.74) is 8.28. The van der Waals surface area contributed by atoms with Crippen LogP contribution in [0.2, 0.25) is 0 Å². The molecule has 0 saturated heterocycles. The number of hydrogen-bond acceptors (Lipinski definition) is 6. The second kappa shape index (κ2) is 12.1. The number of carbonyl (C=O) groups is 1. The van der Waals surface area contributed by atoms with E-state index in [2.05, 4.69) is 20.5 Å². The summed E-state index contributed by atoms with van der Waals surface area (Å²) >= 11 is 0. The quantitative estimate of drug-likeness (QED) is 0.109. The van der Waals surface area contributed by atoms with Crippen LogP contribution in [0, 0.1) is 0 Å². The Balaban J connectivity index is 1.69. The van der Waals surface area contributed by atoms with E-state index in [0.29, 0.717) is 23.2 Å². The van der Waals surface area contributed by atoms with Gasteiger partial charge in [-0.15, -0.1) is 0 Å². The van der Waals surface area contributed by atoms with E-state index in [1.807, 2.05) is 13.0 Å². The highest BCUT2D eigenvalue weighted by molar-refractivity contribution is 7.89. The first-order chi connectivity index (χ1) is 17.9. The third-order valence-electron chi connectivity index (χ3n) is 5.66. The lowest BCUT2D eigenvalue weighted by Gasteiger charge is -2.21. The largest absolute Gasteiger partial charge is 0.409 e. The number of hydrogen-bond donors (Lipinski definition) is 5. The molecule has 0 aliphatic heterocycles. The molecule has 3 rings (SSSR count). The summed E-state index contributed by atoms with van der Waals surface area (Å²) in [4.78, 5) is 13.0. The number of oxime groups is 1. The fourth-order valence-electron chi connectivity index (χ4n) is 3.93. The Morgan fingerprint density at radius 1 is 1.00 bits per heavy atom. The van der Waals surface area contributed by atoms with E-state index in [4.69, 9.17) is 10.9 Å². The fourth-order valence-corrected chi connectivity index (χ4v) is 5.57. The molecule has 10 heteroatoms. The van der Waals surface area contributed by atoms with Crippen molar-refractivity contribution < 1.29 is 18.4 Å². The molecule has 0 aliphatic rings. The predicted molar refractivity (Wildman–Crippen MR) is 152 cm³/mol. The molecule has 0 spiro atoms. The van der Waals surface area contributed by atoms with Gasteiger partial charge in [-0.25, -0.2) is 13.1 Å². The van der Waals surface area contributed by atoms with Crippen molar-refractivity contribution >= 4 is 33.1 Å². The zero-order valence-electron chi connectivity index (χ0n) is 22.0. The molecule has 6 N–H and O–H groups in total. The van der Waals surface area contributed by atoms with Crippen molar-refractivity contribution in [1.82, 2.24) is 4.72 Å². The molecule has 202 valence electrons. The fraction of sp³-hybridized carbons (Fsp3) is 0.286. The molecular formula is C28H35N5O4S. The van der Waals surface area contributed by atoms with Crippen LogP contribution in [0.15, 0.2) is 82.8 Å². The first-order valence-corrected chi connectivity index (χ1v) is 13.8. The monoisotopic (exact) mass is 537 g/mol. The minimum Gasteiger partial charge on any atom is -0.409 e. The van der Waals surface area contributed by atoms with Crippen LogP contribution >= 0.6 is 0 Å². The lowest BCUT2D eigenvalue weighted by molar-refractivity contribution is -0.116. The number of carbonyl (C=O) groups excluding carboxylic acids is 1. The van der Waals surface area contributed by atoms with Gasteiger partial charge in [0.1, 0.15) is 0 Å². The van der Waals surface area contributed by atoms with E-state index < -0.39 is 15.6 Å². The van der Waals surface area contributed by atoms with Gasteiger partial charge in [-0.1, -0.05) is 54.5 Å². The molecule has 0 aromatic heterocycles. The van der Waals surface area contributed by atoms with E-state index in [1.54, 1.807) is 87.5 Å². The second-order valence-electron chi connectivity index (χ2n) is 10.00. The normalized spacial score (nSPS) is 13.1. The van der Waals surface area contributed by atoms with Gasteiger partial charge in [0.05, 0.1) is 4.90 Å². The first-order valence-electron chi connectivity index (χ1n) is 12.3. The molecule has 0 fully saturated rings. The van der Waals surface area contributed by atoms with Crippen LogP contribution in [0.25, 0.3) is 11.1 Å². The van der Waals surface area contributed by atoms with Crippen molar-refractivity contribution in [2.24, 2.45) is 10.9 Å². The van der Waals surface area contributed by atoms with Gasteiger partial charge in [0.2, 0.25) is 15.9 Å². The summed E-state index contributed by atoms with van der Waals surface area (Å²) < 4.78 is 28.7. The zero-order chi connectivity index (χ0) is 27.9. The number of sulfonamides is 1. The third-order valence-corrected chi connectivity index (χ3v) is 7.47. The van der Waals surface area contributed by atoms with Crippen LogP contribution in [-0.4, -0.2) is 36.9 Å². The lowest BCUT2D eigenvalue weighted by Crippen LogP contribution is -2.40. The molecule has 3 aromatic carbocycles. The number of nitrogens with zero attached hydrogens (tertiary/aromatic N) is 1. The van der Waals surface area contributed by atoms with Gasteiger partial charge in [-0.3, -0.25) is 4.79 Å². The Bertz CT molecular complexity index is 1400. The minimum atomic E-state index is -3.73. The molecule has 0 saturated carbocycles. The Morgan fingerprint density at radius 2 is 1.68 bits per heavy atom. The van der Waals surface area contributed by atoms with Gasteiger partial charge >= 0.3 is 0 Å². The zero-order valence-corrected chi connectivity index (χ0v) is 22.8. The molecule has 0 radical (unpaired) electrons. The predicted octanol–water partition coefficient (Wildman–Crippen LogP) is 4.74. The summed E-state index contributed by atoms with van der Waals surface area (Å²) in [7, 11) is -3.73. The van der Waals surface area contributed by atoms with Crippen LogP contribution in [-0.2, 0) is 14.8 Å². The Kier molecular flexibility index (Phi) is 9.13. The van der Waals surface area contributed by atoms with Crippen LogP contribution in [0.1, 0.15) is 46.1 Å². The SMILES string of the molecule is CC[C@@H](CC(=O)Nc1ccc(-c2ccccc2S(=O)(=O)NC(C)(C)C)cc1)Nc1cccc(/C(N)=N/O)c1. The maximum atomic E-state index is 13.0. The number of benzene rings is 3. The van der Waals surface area contributed by atoms with Gasteiger partial charge in [-0.05, 0) is 63.1 Å². The van der Waals surface area contributed by atoms with Crippen molar-refractivity contribution in [3.05, 3.63) is 78.4 Å². The molecule has 0 unspecified atom stereocenters.